The minimum absolute atomic E-state index is 0.0711. The summed E-state index contributed by atoms with van der Waals surface area (Å²) in [5.74, 6) is -2.88. The van der Waals surface area contributed by atoms with Gasteiger partial charge in [0.05, 0.1) is 11.9 Å². The largest absolute Gasteiger partial charge is 0.545 e. The van der Waals surface area contributed by atoms with Crippen molar-refractivity contribution < 1.29 is 19.8 Å². The minimum Gasteiger partial charge on any atom is -0.545 e. The van der Waals surface area contributed by atoms with Crippen LogP contribution < -0.4 is 10.2 Å². The maximum Gasteiger partial charge on any atom is 0.0738 e. The fraction of sp³-hybridized carbons (Fsp3) is 0. The number of aromatic carboxylic acids is 2. The minimum atomic E-state index is -1.44. The normalized spacial score (nSPS) is 10.2. The molecule has 0 aromatic heterocycles. The summed E-state index contributed by atoms with van der Waals surface area (Å²) in [6.07, 6.45) is 0. The molecule has 1 rings (SSSR count). The van der Waals surface area contributed by atoms with Gasteiger partial charge in [0.1, 0.15) is 0 Å². The van der Waals surface area contributed by atoms with E-state index >= 15 is 0 Å². The highest BCUT2D eigenvalue weighted by atomic mass is 79.9. The van der Waals surface area contributed by atoms with Gasteiger partial charge in [-0.15, -0.1) is 0 Å². The summed E-state index contributed by atoms with van der Waals surface area (Å²) in [5, 5.41) is 21.7. The molecule has 86 valence electrons. The van der Waals surface area contributed by atoms with Gasteiger partial charge in [-0.1, -0.05) is 0 Å². The molecular weight excluding hydrogens is 480 g/mol. The smallest absolute Gasteiger partial charge is 0.0738 e. The summed E-state index contributed by atoms with van der Waals surface area (Å²) < 4.78 is 0.284. The van der Waals surface area contributed by atoms with Crippen LogP contribution >= 0.6 is 63.7 Å². The molecule has 16 heavy (non-hydrogen) atoms. The van der Waals surface area contributed by atoms with Crippen molar-refractivity contribution in [3.63, 3.8) is 0 Å². The molecule has 0 aliphatic rings. The van der Waals surface area contributed by atoms with E-state index in [0.717, 1.165) is 0 Å². The van der Waals surface area contributed by atoms with E-state index in [1.54, 1.807) is 0 Å². The number of hydrogen-bond donors (Lipinski definition) is 0. The highest BCUT2D eigenvalue weighted by molar-refractivity contribution is 9.14. The van der Waals surface area contributed by atoms with Crippen LogP contribution in [-0.2, 0) is 0 Å². The second-order valence-corrected chi connectivity index (χ2v) is 5.75. The Hall–Kier alpha value is 0.0800. The van der Waals surface area contributed by atoms with Crippen LogP contribution in [-0.4, -0.2) is 11.9 Å². The molecule has 0 aliphatic carbocycles. The van der Waals surface area contributed by atoms with Crippen molar-refractivity contribution in [3.8, 4) is 0 Å². The van der Waals surface area contributed by atoms with Crippen molar-refractivity contribution >= 4 is 75.7 Å². The number of rotatable bonds is 2. The topological polar surface area (TPSA) is 80.3 Å². The van der Waals surface area contributed by atoms with Crippen molar-refractivity contribution in [1.82, 2.24) is 0 Å². The van der Waals surface area contributed by atoms with Crippen LogP contribution in [0.25, 0.3) is 0 Å². The number of benzene rings is 1. The summed E-state index contributed by atoms with van der Waals surface area (Å²) in [6.45, 7) is 0. The standard InChI is InChI=1S/C8H2Br4O4/c9-3-1(7(13)14)4(10)6(12)2(5(3)11)8(15)16/h(H,13,14)(H,15,16)/p-2. The lowest BCUT2D eigenvalue weighted by atomic mass is 10.1. The van der Waals surface area contributed by atoms with Crippen molar-refractivity contribution in [3.05, 3.63) is 29.0 Å². The molecule has 4 nitrogen and oxygen atoms in total. The van der Waals surface area contributed by atoms with E-state index in [4.69, 9.17) is 0 Å². The molecule has 8 heteroatoms. The molecule has 0 aliphatic heterocycles. The number of carboxylic acids is 2. The molecule has 0 amide bonds. The average Bonchev–Trinajstić information content (AvgIpc) is 2.14. The van der Waals surface area contributed by atoms with E-state index in [-0.39, 0.29) is 29.0 Å². The maximum absolute atomic E-state index is 10.9. The third kappa shape index (κ3) is 2.34. The lowest BCUT2D eigenvalue weighted by molar-refractivity contribution is -0.256. The lowest BCUT2D eigenvalue weighted by Crippen LogP contribution is -2.27. The van der Waals surface area contributed by atoms with Gasteiger partial charge in [0, 0.05) is 29.0 Å². The molecule has 0 radical (unpaired) electrons. The Balaban J connectivity index is 3.77. The maximum atomic E-state index is 10.9. The van der Waals surface area contributed by atoms with E-state index in [1.165, 1.54) is 0 Å². The van der Waals surface area contributed by atoms with Gasteiger partial charge in [-0.25, -0.2) is 0 Å². The lowest BCUT2D eigenvalue weighted by Gasteiger charge is -2.17. The molecule has 0 spiro atoms. The quantitative estimate of drug-likeness (QED) is 0.602. The van der Waals surface area contributed by atoms with Gasteiger partial charge >= 0.3 is 0 Å². The monoisotopic (exact) mass is 476 g/mol. The third-order valence-electron chi connectivity index (χ3n) is 1.67. The van der Waals surface area contributed by atoms with Crippen molar-refractivity contribution in [2.75, 3.05) is 0 Å². The molecule has 1 aromatic rings. The Morgan fingerprint density at radius 3 is 1.00 bits per heavy atom. The summed E-state index contributed by atoms with van der Waals surface area (Å²) in [6, 6.07) is 0. The predicted molar refractivity (Wildman–Crippen MR) is 65.9 cm³/mol. The highest BCUT2D eigenvalue weighted by Gasteiger charge is 2.19. The van der Waals surface area contributed by atoms with Crippen LogP contribution in [0.1, 0.15) is 20.7 Å². The van der Waals surface area contributed by atoms with Gasteiger partial charge in [0.2, 0.25) is 0 Å². The zero-order chi connectivity index (χ0) is 12.6. The molecule has 0 saturated carbocycles. The first-order chi connectivity index (χ1) is 7.29. The second-order valence-electron chi connectivity index (χ2n) is 2.58. The highest BCUT2D eigenvalue weighted by Crippen LogP contribution is 2.41. The predicted octanol–water partition coefficient (Wildman–Crippen LogP) is 1.46. The van der Waals surface area contributed by atoms with Crippen molar-refractivity contribution in [2.24, 2.45) is 0 Å². The Kier molecular flexibility index (Phi) is 4.56. The third-order valence-corrected chi connectivity index (χ3v) is 5.91. The average molecular weight is 480 g/mol. The van der Waals surface area contributed by atoms with E-state index in [1.807, 2.05) is 0 Å². The first-order valence-corrected chi connectivity index (χ1v) is 6.74. The Morgan fingerprint density at radius 2 is 0.875 bits per heavy atom. The van der Waals surface area contributed by atoms with Gasteiger partial charge in [-0.05, 0) is 63.7 Å². The van der Waals surface area contributed by atoms with E-state index in [2.05, 4.69) is 63.7 Å². The Bertz CT molecular complexity index is 423. The molecule has 1 aromatic carbocycles. The van der Waals surface area contributed by atoms with E-state index in [9.17, 15) is 19.8 Å². The fourth-order valence-electron chi connectivity index (χ4n) is 0.990. The fourth-order valence-corrected chi connectivity index (χ4v) is 3.76. The molecule has 0 N–H and O–H groups in total. The van der Waals surface area contributed by atoms with Gasteiger partial charge in [0.15, 0.2) is 0 Å². The molecular formula is C8Br4O4-2. The SMILES string of the molecule is O=C([O-])c1c(Br)c(Br)c(C(=O)[O-])c(Br)c1Br. The number of carbonyl (C=O) groups excluding carboxylic acids is 2. The molecule has 0 bridgehead atoms. The van der Waals surface area contributed by atoms with Gasteiger partial charge in [0.25, 0.3) is 0 Å². The second kappa shape index (κ2) is 5.16. The summed E-state index contributed by atoms with van der Waals surface area (Å²) >= 11 is 11.9. The first-order valence-electron chi connectivity index (χ1n) is 3.57. The molecule has 0 fully saturated rings. The van der Waals surface area contributed by atoms with Crippen molar-refractivity contribution in [1.29, 1.82) is 0 Å². The number of halogens is 4. The number of carbonyl (C=O) groups is 2. The molecule has 0 unspecified atom stereocenters. The number of carboxylic acid groups (broad SMARTS) is 2. The Morgan fingerprint density at radius 1 is 0.688 bits per heavy atom. The molecule has 0 saturated heterocycles. The van der Waals surface area contributed by atoms with E-state index < -0.39 is 11.9 Å². The van der Waals surface area contributed by atoms with Crippen LogP contribution in [0.15, 0.2) is 17.9 Å². The van der Waals surface area contributed by atoms with Crippen LogP contribution in [0.3, 0.4) is 0 Å². The van der Waals surface area contributed by atoms with E-state index in [0.29, 0.717) is 0 Å². The van der Waals surface area contributed by atoms with Gasteiger partial charge < -0.3 is 19.8 Å². The summed E-state index contributed by atoms with van der Waals surface area (Å²) in [5.41, 5.74) is -0.382. The van der Waals surface area contributed by atoms with Gasteiger partial charge in [-0.2, -0.15) is 0 Å². The summed E-state index contributed by atoms with van der Waals surface area (Å²) in [7, 11) is 0. The van der Waals surface area contributed by atoms with Crippen LogP contribution in [0.4, 0.5) is 0 Å². The molecule has 0 atom stereocenters. The number of hydrogen-bond acceptors (Lipinski definition) is 4. The van der Waals surface area contributed by atoms with Gasteiger partial charge in [-0.3, -0.25) is 0 Å². The summed E-state index contributed by atoms with van der Waals surface area (Å²) in [4.78, 5) is 21.7. The zero-order valence-electron chi connectivity index (χ0n) is 7.14. The Labute approximate surface area is 124 Å². The van der Waals surface area contributed by atoms with Crippen molar-refractivity contribution in [2.45, 2.75) is 0 Å². The van der Waals surface area contributed by atoms with Crippen LogP contribution in [0, 0.1) is 0 Å². The molecule has 0 heterocycles. The van der Waals surface area contributed by atoms with Crippen LogP contribution in [0.2, 0.25) is 0 Å². The first kappa shape index (κ1) is 14.1. The zero-order valence-corrected chi connectivity index (χ0v) is 13.5. The van der Waals surface area contributed by atoms with Crippen LogP contribution in [0.5, 0.6) is 0 Å².